The van der Waals surface area contributed by atoms with E-state index in [0.29, 0.717) is 18.7 Å². The summed E-state index contributed by atoms with van der Waals surface area (Å²) >= 11 is 5.71. The first kappa shape index (κ1) is 16.7. The average molecular weight is 336 g/mol. The first-order valence-corrected chi connectivity index (χ1v) is 8.75. The summed E-state index contributed by atoms with van der Waals surface area (Å²) < 4.78 is 46.0. The molecule has 2 rings (SSSR count). The molecular formula is C14H19ClFNO3S. The second-order valence-corrected chi connectivity index (χ2v) is 7.37. The van der Waals surface area contributed by atoms with Crippen LogP contribution in [0, 0.1) is 12.7 Å². The number of sulfonamides is 1. The SMILES string of the molecule is COC1CCCN(S(=O)(=O)c2cc(CCl)cc(F)c2C)C1. The van der Waals surface area contributed by atoms with Gasteiger partial charge in [-0.05, 0) is 37.5 Å². The second-order valence-electron chi connectivity index (χ2n) is 5.20. The smallest absolute Gasteiger partial charge is 0.243 e. The van der Waals surface area contributed by atoms with Crippen LogP contribution in [0.25, 0.3) is 0 Å². The standard InChI is InChI=1S/C14H19ClFNO3S/c1-10-13(16)6-11(8-15)7-14(10)21(18,19)17-5-3-4-12(9-17)20-2/h6-7,12H,3-5,8-9H2,1-2H3. The minimum absolute atomic E-state index is 0.00472. The predicted octanol–water partition coefficient (Wildman–Crippen LogP) is 2.67. The van der Waals surface area contributed by atoms with Crippen molar-refractivity contribution < 1.29 is 17.5 Å². The zero-order valence-corrected chi connectivity index (χ0v) is 13.7. The Morgan fingerprint density at radius 1 is 1.48 bits per heavy atom. The normalized spacial score (nSPS) is 20.7. The topological polar surface area (TPSA) is 46.6 Å². The van der Waals surface area contributed by atoms with Crippen molar-refractivity contribution in [2.75, 3.05) is 20.2 Å². The van der Waals surface area contributed by atoms with Crippen molar-refractivity contribution in [2.45, 2.75) is 36.6 Å². The van der Waals surface area contributed by atoms with Gasteiger partial charge in [-0.15, -0.1) is 11.6 Å². The summed E-state index contributed by atoms with van der Waals surface area (Å²) in [4.78, 5) is -0.00472. The number of benzene rings is 1. The molecule has 118 valence electrons. The lowest BCUT2D eigenvalue weighted by Crippen LogP contribution is -2.43. The molecule has 0 N–H and O–H groups in total. The van der Waals surface area contributed by atoms with E-state index in [-0.39, 0.29) is 22.4 Å². The average Bonchev–Trinajstić information content (AvgIpc) is 2.49. The Morgan fingerprint density at radius 3 is 2.81 bits per heavy atom. The third-order valence-electron chi connectivity index (χ3n) is 3.80. The lowest BCUT2D eigenvalue weighted by molar-refractivity contribution is 0.0571. The molecule has 7 heteroatoms. The summed E-state index contributed by atoms with van der Waals surface area (Å²) in [7, 11) is -2.17. The molecule has 4 nitrogen and oxygen atoms in total. The van der Waals surface area contributed by atoms with Gasteiger partial charge in [-0.1, -0.05) is 0 Å². The van der Waals surface area contributed by atoms with Crippen LogP contribution in [0.4, 0.5) is 4.39 Å². The molecule has 1 heterocycles. The van der Waals surface area contributed by atoms with Gasteiger partial charge in [0.05, 0.1) is 11.0 Å². The van der Waals surface area contributed by atoms with Crippen molar-refractivity contribution in [3.63, 3.8) is 0 Å². The van der Waals surface area contributed by atoms with E-state index in [2.05, 4.69) is 0 Å². The van der Waals surface area contributed by atoms with E-state index in [1.807, 2.05) is 0 Å². The maximum absolute atomic E-state index is 13.9. The number of piperidine rings is 1. The molecule has 1 saturated heterocycles. The van der Waals surface area contributed by atoms with Crippen LogP contribution in [0.15, 0.2) is 17.0 Å². The van der Waals surface area contributed by atoms with Gasteiger partial charge < -0.3 is 4.74 Å². The molecule has 0 saturated carbocycles. The molecule has 0 amide bonds. The molecule has 0 radical (unpaired) electrons. The van der Waals surface area contributed by atoms with Crippen molar-refractivity contribution in [1.29, 1.82) is 0 Å². The highest BCUT2D eigenvalue weighted by atomic mass is 35.5. The van der Waals surface area contributed by atoms with E-state index in [9.17, 15) is 12.8 Å². The minimum atomic E-state index is -3.74. The van der Waals surface area contributed by atoms with Crippen LogP contribution in [-0.4, -0.2) is 39.0 Å². The summed E-state index contributed by atoms with van der Waals surface area (Å²) in [5.41, 5.74) is 0.585. The number of nitrogens with zero attached hydrogens (tertiary/aromatic N) is 1. The molecule has 1 unspecified atom stereocenters. The van der Waals surface area contributed by atoms with Gasteiger partial charge in [0.25, 0.3) is 0 Å². The van der Waals surface area contributed by atoms with E-state index in [4.69, 9.17) is 16.3 Å². The van der Waals surface area contributed by atoms with Gasteiger partial charge >= 0.3 is 0 Å². The van der Waals surface area contributed by atoms with Crippen LogP contribution >= 0.6 is 11.6 Å². The number of halogens is 2. The van der Waals surface area contributed by atoms with Gasteiger partial charge in [-0.3, -0.25) is 0 Å². The van der Waals surface area contributed by atoms with Crippen LogP contribution in [0.5, 0.6) is 0 Å². The van der Waals surface area contributed by atoms with Crippen LogP contribution in [0.1, 0.15) is 24.0 Å². The van der Waals surface area contributed by atoms with E-state index in [1.54, 1.807) is 7.11 Å². The highest BCUT2D eigenvalue weighted by Crippen LogP contribution is 2.27. The Labute approximate surface area is 129 Å². The van der Waals surface area contributed by atoms with Crippen LogP contribution < -0.4 is 0 Å². The van der Waals surface area contributed by atoms with Crippen LogP contribution in [-0.2, 0) is 20.6 Å². The molecule has 0 aliphatic carbocycles. The van der Waals surface area contributed by atoms with Gasteiger partial charge in [-0.25, -0.2) is 12.8 Å². The molecule has 1 aromatic carbocycles. The monoisotopic (exact) mass is 335 g/mol. The van der Waals surface area contributed by atoms with E-state index >= 15 is 0 Å². The van der Waals surface area contributed by atoms with Crippen molar-refractivity contribution >= 4 is 21.6 Å². The lowest BCUT2D eigenvalue weighted by atomic mass is 10.1. The van der Waals surface area contributed by atoms with Crippen molar-refractivity contribution in [2.24, 2.45) is 0 Å². The summed E-state index contributed by atoms with van der Waals surface area (Å²) in [6, 6.07) is 2.73. The first-order valence-electron chi connectivity index (χ1n) is 6.78. The molecule has 1 aliphatic heterocycles. The molecule has 1 fully saturated rings. The van der Waals surface area contributed by atoms with E-state index in [0.717, 1.165) is 12.8 Å². The Balaban J connectivity index is 2.41. The van der Waals surface area contributed by atoms with Gasteiger partial charge in [0.15, 0.2) is 0 Å². The Morgan fingerprint density at radius 2 is 2.19 bits per heavy atom. The predicted molar refractivity (Wildman–Crippen MR) is 79.5 cm³/mol. The number of methoxy groups -OCH3 is 1. The zero-order valence-electron chi connectivity index (χ0n) is 12.1. The number of hydrogen-bond donors (Lipinski definition) is 0. The molecule has 1 aromatic rings. The number of ether oxygens (including phenoxy) is 1. The summed E-state index contributed by atoms with van der Waals surface area (Å²) in [5, 5.41) is 0. The highest BCUT2D eigenvalue weighted by molar-refractivity contribution is 7.89. The van der Waals surface area contributed by atoms with Crippen molar-refractivity contribution in [3.8, 4) is 0 Å². The van der Waals surface area contributed by atoms with Gasteiger partial charge in [-0.2, -0.15) is 4.31 Å². The largest absolute Gasteiger partial charge is 0.380 e. The fraction of sp³-hybridized carbons (Fsp3) is 0.571. The van der Waals surface area contributed by atoms with E-state index in [1.165, 1.54) is 23.4 Å². The Bertz CT molecular complexity index is 621. The molecule has 1 atom stereocenters. The first-order chi connectivity index (χ1) is 9.90. The highest BCUT2D eigenvalue weighted by Gasteiger charge is 2.32. The fourth-order valence-electron chi connectivity index (χ4n) is 2.51. The Hall–Kier alpha value is -0.690. The van der Waals surface area contributed by atoms with Gasteiger partial charge in [0, 0.05) is 31.6 Å². The summed E-state index contributed by atoms with van der Waals surface area (Å²) in [6.07, 6.45) is 1.45. The quantitative estimate of drug-likeness (QED) is 0.795. The molecule has 0 spiro atoms. The number of alkyl halides is 1. The van der Waals surface area contributed by atoms with Crippen LogP contribution in [0.3, 0.4) is 0 Å². The van der Waals surface area contributed by atoms with Crippen molar-refractivity contribution in [1.82, 2.24) is 4.31 Å². The lowest BCUT2D eigenvalue weighted by Gasteiger charge is -2.31. The molecular weight excluding hydrogens is 317 g/mol. The maximum atomic E-state index is 13.9. The number of hydrogen-bond acceptors (Lipinski definition) is 3. The zero-order chi connectivity index (χ0) is 15.6. The molecule has 21 heavy (non-hydrogen) atoms. The number of rotatable bonds is 4. The van der Waals surface area contributed by atoms with Gasteiger partial charge in [0.1, 0.15) is 5.82 Å². The van der Waals surface area contributed by atoms with Gasteiger partial charge in [0.2, 0.25) is 10.0 Å². The second kappa shape index (κ2) is 6.60. The molecule has 0 bridgehead atoms. The molecule has 0 aromatic heterocycles. The summed E-state index contributed by atoms with van der Waals surface area (Å²) in [5.74, 6) is -0.479. The Kier molecular flexibility index (Phi) is 5.24. The summed E-state index contributed by atoms with van der Waals surface area (Å²) in [6.45, 7) is 2.19. The molecule has 1 aliphatic rings. The third-order valence-corrected chi connectivity index (χ3v) is 6.10. The fourth-order valence-corrected chi connectivity index (χ4v) is 4.46. The van der Waals surface area contributed by atoms with Crippen LogP contribution in [0.2, 0.25) is 0 Å². The third kappa shape index (κ3) is 3.39. The van der Waals surface area contributed by atoms with E-state index < -0.39 is 15.8 Å². The maximum Gasteiger partial charge on any atom is 0.243 e. The minimum Gasteiger partial charge on any atom is -0.380 e. The van der Waals surface area contributed by atoms with Crippen molar-refractivity contribution in [3.05, 3.63) is 29.1 Å².